The van der Waals surface area contributed by atoms with Crippen LogP contribution in [0.25, 0.3) is 0 Å². The van der Waals surface area contributed by atoms with Crippen LogP contribution >= 0.6 is 12.2 Å². The van der Waals surface area contributed by atoms with Gasteiger partial charge in [0.15, 0.2) is 0 Å². The molecule has 0 bridgehead atoms. The van der Waals surface area contributed by atoms with Crippen LogP contribution in [0.1, 0.15) is 52.9 Å². The maximum atomic E-state index is 5.90. The van der Waals surface area contributed by atoms with Gasteiger partial charge in [-0.2, -0.15) is 0 Å². The van der Waals surface area contributed by atoms with Gasteiger partial charge in [0.05, 0.1) is 10.5 Å². The maximum Gasteiger partial charge on any atom is 0.0928 e. The van der Waals surface area contributed by atoms with Crippen LogP contribution in [0.2, 0.25) is 0 Å². The fraction of sp³-hybridized carbons (Fsp3) is 0.938. The molecule has 0 radical (unpaired) electrons. The van der Waals surface area contributed by atoms with Gasteiger partial charge in [0, 0.05) is 32.2 Å². The van der Waals surface area contributed by atoms with Crippen molar-refractivity contribution in [2.45, 2.75) is 64.5 Å². The third-order valence-electron chi connectivity index (χ3n) is 5.57. The average Bonchev–Trinajstić information content (AvgIpc) is 2.47. The number of hydrogen-bond acceptors (Lipinski definition) is 3. The fourth-order valence-electron chi connectivity index (χ4n) is 3.91. The van der Waals surface area contributed by atoms with E-state index in [-0.39, 0.29) is 5.54 Å². The summed E-state index contributed by atoms with van der Waals surface area (Å²) >= 11 is 5.23. The number of nitrogens with two attached hydrogens (primary N) is 1. The topological polar surface area (TPSA) is 32.5 Å². The Morgan fingerprint density at radius 3 is 2.30 bits per heavy atom. The van der Waals surface area contributed by atoms with E-state index in [2.05, 4.69) is 30.6 Å². The molecule has 4 heteroatoms. The average molecular weight is 298 g/mol. The minimum Gasteiger partial charge on any atom is -0.392 e. The van der Waals surface area contributed by atoms with E-state index in [0.717, 1.165) is 25.0 Å². The monoisotopic (exact) mass is 297 g/mol. The van der Waals surface area contributed by atoms with Crippen LogP contribution < -0.4 is 5.73 Å². The number of rotatable bonds is 4. The lowest BCUT2D eigenvalue weighted by atomic mass is 9.81. The molecule has 2 aliphatic rings. The summed E-state index contributed by atoms with van der Waals surface area (Å²) in [5.74, 6) is 0.916. The van der Waals surface area contributed by atoms with Crippen LogP contribution in [0.5, 0.6) is 0 Å². The summed E-state index contributed by atoms with van der Waals surface area (Å²) in [6.07, 6.45) is 7.02. The molecule has 0 aromatic heterocycles. The van der Waals surface area contributed by atoms with Crippen molar-refractivity contribution in [3.8, 4) is 0 Å². The third kappa shape index (κ3) is 3.34. The Hall–Kier alpha value is -0.190. The minimum absolute atomic E-state index is 0.141. The van der Waals surface area contributed by atoms with Crippen LogP contribution in [-0.4, -0.2) is 52.5 Å². The van der Waals surface area contributed by atoms with Gasteiger partial charge in [-0.15, -0.1) is 0 Å². The van der Waals surface area contributed by atoms with E-state index in [1.807, 2.05) is 0 Å². The largest absolute Gasteiger partial charge is 0.392 e. The number of piperazine rings is 1. The Morgan fingerprint density at radius 2 is 1.75 bits per heavy atom. The molecule has 0 aromatic carbocycles. The first kappa shape index (κ1) is 16.2. The summed E-state index contributed by atoms with van der Waals surface area (Å²) in [4.78, 5) is 5.81. The lowest BCUT2D eigenvalue weighted by Gasteiger charge is -2.48. The molecular formula is C16H31N3S. The van der Waals surface area contributed by atoms with E-state index in [1.54, 1.807) is 0 Å². The van der Waals surface area contributed by atoms with Crippen molar-refractivity contribution in [3.63, 3.8) is 0 Å². The number of nitrogens with zero attached hydrogens (tertiary/aromatic N) is 2. The Kier molecular flexibility index (Phi) is 5.43. The fourth-order valence-corrected chi connectivity index (χ4v) is 4.04. The molecular weight excluding hydrogens is 266 g/mol. The Balaban J connectivity index is 1.92. The summed E-state index contributed by atoms with van der Waals surface area (Å²) in [7, 11) is 0. The van der Waals surface area contributed by atoms with Gasteiger partial charge in [-0.1, -0.05) is 38.4 Å². The van der Waals surface area contributed by atoms with E-state index < -0.39 is 0 Å². The molecule has 0 aromatic rings. The second kappa shape index (κ2) is 6.71. The first-order valence-corrected chi connectivity index (χ1v) is 8.66. The highest BCUT2D eigenvalue weighted by Gasteiger charge is 2.36. The molecule has 2 fully saturated rings. The minimum atomic E-state index is -0.141. The van der Waals surface area contributed by atoms with Crippen LogP contribution in [0, 0.1) is 5.92 Å². The molecule has 2 rings (SSSR count). The first-order valence-electron chi connectivity index (χ1n) is 8.25. The maximum absolute atomic E-state index is 5.90. The van der Waals surface area contributed by atoms with E-state index in [1.165, 1.54) is 45.2 Å². The Morgan fingerprint density at radius 1 is 1.15 bits per heavy atom. The molecule has 116 valence electrons. The number of thiocarbonyl (C=S) groups is 1. The second-order valence-electron chi connectivity index (χ2n) is 6.97. The predicted molar refractivity (Wildman–Crippen MR) is 90.0 cm³/mol. The molecule has 3 nitrogen and oxygen atoms in total. The molecule has 20 heavy (non-hydrogen) atoms. The van der Waals surface area contributed by atoms with Gasteiger partial charge in [0.2, 0.25) is 0 Å². The predicted octanol–water partition coefficient (Wildman–Crippen LogP) is 2.64. The zero-order valence-corrected chi connectivity index (χ0v) is 14.2. The van der Waals surface area contributed by atoms with Gasteiger partial charge in [-0.05, 0) is 32.6 Å². The Bertz CT molecular complexity index is 335. The third-order valence-corrected chi connectivity index (χ3v) is 6.07. The molecule has 2 atom stereocenters. The second-order valence-corrected chi connectivity index (χ2v) is 7.41. The lowest BCUT2D eigenvalue weighted by Crippen LogP contribution is -2.61. The highest BCUT2D eigenvalue weighted by molar-refractivity contribution is 7.80. The molecule has 1 saturated carbocycles. The standard InChI is InChI=1S/C16H31N3S/c1-4-13-7-5-6-8-14(13)18-9-11-19(12-10-18)16(2,3)15(17)20/h13-14H,4-12H2,1-3H3,(H2,17,20). The summed E-state index contributed by atoms with van der Waals surface area (Å²) in [5, 5.41) is 0. The van der Waals surface area contributed by atoms with Crippen LogP contribution in [0.3, 0.4) is 0 Å². The van der Waals surface area contributed by atoms with Gasteiger partial charge >= 0.3 is 0 Å². The van der Waals surface area contributed by atoms with E-state index in [4.69, 9.17) is 18.0 Å². The SMILES string of the molecule is CCC1CCCCC1N1CCN(C(C)(C)C(N)=S)CC1. The van der Waals surface area contributed by atoms with Crippen molar-refractivity contribution in [2.75, 3.05) is 26.2 Å². The summed E-state index contributed by atoms with van der Waals surface area (Å²) in [6, 6.07) is 0.823. The summed E-state index contributed by atoms with van der Waals surface area (Å²) < 4.78 is 0. The van der Waals surface area contributed by atoms with E-state index >= 15 is 0 Å². The van der Waals surface area contributed by atoms with Gasteiger partial charge < -0.3 is 5.73 Å². The molecule has 0 spiro atoms. The van der Waals surface area contributed by atoms with Gasteiger partial charge in [0.1, 0.15) is 0 Å². The van der Waals surface area contributed by atoms with Gasteiger partial charge in [0.25, 0.3) is 0 Å². The highest BCUT2D eigenvalue weighted by atomic mass is 32.1. The van der Waals surface area contributed by atoms with Gasteiger partial charge in [-0.25, -0.2) is 0 Å². The molecule has 1 saturated heterocycles. The van der Waals surface area contributed by atoms with Crippen molar-refractivity contribution >= 4 is 17.2 Å². The van der Waals surface area contributed by atoms with Gasteiger partial charge in [-0.3, -0.25) is 9.80 Å². The van der Waals surface area contributed by atoms with E-state index in [0.29, 0.717) is 4.99 Å². The molecule has 0 amide bonds. The van der Waals surface area contributed by atoms with Crippen LogP contribution in [-0.2, 0) is 0 Å². The van der Waals surface area contributed by atoms with Crippen molar-refractivity contribution in [1.29, 1.82) is 0 Å². The van der Waals surface area contributed by atoms with Crippen LogP contribution in [0.4, 0.5) is 0 Å². The molecule has 1 aliphatic heterocycles. The van der Waals surface area contributed by atoms with Crippen molar-refractivity contribution in [3.05, 3.63) is 0 Å². The van der Waals surface area contributed by atoms with Crippen molar-refractivity contribution in [1.82, 2.24) is 9.80 Å². The summed E-state index contributed by atoms with van der Waals surface area (Å²) in [5.41, 5.74) is 5.76. The van der Waals surface area contributed by atoms with Crippen molar-refractivity contribution in [2.24, 2.45) is 11.7 Å². The molecule has 2 N–H and O–H groups in total. The Labute approximate surface area is 129 Å². The zero-order valence-electron chi connectivity index (χ0n) is 13.4. The zero-order chi connectivity index (χ0) is 14.8. The smallest absolute Gasteiger partial charge is 0.0928 e. The highest BCUT2D eigenvalue weighted by Crippen LogP contribution is 2.31. The molecule has 2 unspecified atom stereocenters. The summed E-state index contributed by atoms with van der Waals surface area (Å²) in [6.45, 7) is 11.2. The van der Waals surface area contributed by atoms with E-state index in [9.17, 15) is 0 Å². The quantitative estimate of drug-likeness (QED) is 0.809. The first-order chi connectivity index (χ1) is 9.46. The molecule has 1 heterocycles. The molecule has 1 aliphatic carbocycles. The van der Waals surface area contributed by atoms with Crippen molar-refractivity contribution < 1.29 is 0 Å². The number of hydrogen-bond donors (Lipinski definition) is 1. The normalized spacial score (nSPS) is 30.4. The van der Waals surface area contributed by atoms with Crippen LogP contribution in [0.15, 0.2) is 0 Å². The lowest BCUT2D eigenvalue weighted by molar-refractivity contribution is 0.0274.